The maximum Gasteiger partial charge on any atom is 0.262 e. The smallest absolute Gasteiger partial charge is 0.262 e. The summed E-state index contributed by atoms with van der Waals surface area (Å²) >= 11 is 1.38. The largest absolute Gasteiger partial charge is 0.353 e. The molecule has 6 nitrogen and oxygen atoms in total. The average molecular weight is 338 g/mol. The lowest BCUT2D eigenvalue weighted by Gasteiger charge is -2.27. The van der Waals surface area contributed by atoms with Crippen LogP contribution in [0.15, 0.2) is 17.5 Å². The lowest BCUT2D eigenvalue weighted by Crippen LogP contribution is -2.51. The molecule has 1 fully saturated rings. The van der Waals surface area contributed by atoms with Gasteiger partial charge < -0.3 is 16.0 Å². The molecule has 3 N–H and O–H groups in total. The minimum Gasteiger partial charge on any atom is -0.353 e. The van der Waals surface area contributed by atoms with Gasteiger partial charge in [-0.05, 0) is 17.4 Å². The molecule has 1 aromatic heterocycles. The Morgan fingerprint density at radius 2 is 2.09 bits per heavy atom. The molecular weight excluding hydrogens is 312 g/mol. The van der Waals surface area contributed by atoms with Crippen molar-refractivity contribution in [1.82, 2.24) is 20.9 Å². The van der Waals surface area contributed by atoms with Gasteiger partial charge in [-0.1, -0.05) is 19.9 Å². The number of piperazine rings is 1. The highest BCUT2D eigenvalue weighted by Gasteiger charge is 2.24. The van der Waals surface area contributed by atoms with Gasteiger partial charge in [0.2, 0.25) is 5.91 Å². The maximum absolute atomic E-state index is 12.4. The summed E-state index contributed by atoms with van der Waals surface area (Å²) in [6.45, 7) is 9.36. The highest BCUT2D eigenvalue weighted by molar-refractivity contribution is 7.12. The third kappa shape index (κ3) is 5.60. The average Bonchev–Trinajstić information content (AvgIpc) is 3.07. The van der Waals surface area contributed by atoms with Crippen molar-refractivity contribution in [1.29, 1.82) is 0 Å². The SMILES string of the molecule is CC(C)C(NC(=O)c1cccs1)C(=O)NCCN1CCNCC1. The molecule has 2 rings (SSSR count). The van der Waals surface area contributed by atoms with Gasteiger partial charge in [0.25, 0.3) is 5.91 Å². The summed E-state index contributed by atoms with van der Waals surface area (Å²) in [6, 6.07) is 3.09. The second kappa shape index (κ2) is 9.00. The fourth-order valence-corrected chi connectivity index (χ4v) is 3.16. The van der Waals surface area contributed by atoms with Crippen LogP contribution in [0.4, 0.5) is 0 Å². The molecule has 1 atom stereocenters. The number of carbonyl (C=O) groups excluding carboxylic acids is 2. The van der Waals surface area contributed by atoms with Crippen molar-refractivity contribution in [2.75, 3.05) is 39.3 Å². The van der Waals surface area contributed by atoms with Crippen molar-refractivity contribution in [3.63, 3.8) is 0 Å². The Hall–Kier alpha value is -1.44. The maximum atomic E-state index is 12.4. The van der Waals surface area contributed by atoms with Crippen LogP contribution in [0.25, 0.3) is 0 Å². The van der Waals surface area contributed by atoms with E-state index in [-0.39, 0.29) is 17.7 Å². The van der Waals surface area contributed by atoms with Crippen LogP contribution in [-0.4, -0.2) is 62.0 Å². The second-order valence-electron chi connectivity index (χ2n) is 6.06. The number of hydrogen-bond donors (Lipinski definition) is 3. The predicted octanol–water partition coefficient (Wildman–Crippen LogP) is 0.524. The van der Waals surface area contributed by atoms with Crippen molar-refractivity contribution in [2.45, 2.75) is 19.9 Å². The molecule has 7 heteroatoms. The normalized spacial score (nSPS) is 17.0. The third-order valence-corrected chi connectivity index (χ3v) is 4.79. The number of carbonyl (C=O) groups is 2. The van der Waals surface area contributed by atoms with Crippen LogP contribution in [0.5, 0.6) is 0 Å². The molecule has 0 aromatic carbocycles. The van der Waals surface area contributed by atoms with E-state index in [9.17, 15) is 9.59 Å². The van der Waals surface area contributed by atoms with Gasteiger partial charge in [-0.15, -0.1) is 11.3 Å². The van der Waals surface area contributed by atoms with E-state index in [1.807, 2.05) is 25.3 Å². The molecule has 0 saturated carbocycles. The molecule has 0 aliphatic carbocycles. The highest BCUT2D eigenvalue weighted by atomic mass is 32.1. The Balaban J connectivity index is 1.79. The van der Waals surface area contributed by atoms with Crippen LogP contribution in [-0.2, 0) is 4.79 Å². The van der Waals surface area contributed by atoms with E-state index >= 15 is 0 Å². The number of nitrogens with one attached hydrogen (secondary N) is 3. The number of thiophene rings is 1. The molecule has 1 aromatic rings. The van der Waals surface area contributed by atoms with Gasteiger partial charge in [0.05, 0.1) is 4.88 Å². The standard InChI is InChI=1S/C16H26N4O2S/c1-12(2)14(19-15(21)13-4-3-11-23-13)16(22)18-7-10-20-8-5-17-6-9-20/h3-4,11-12,14,17H,5-10H2,1-2H3,(H,18,22)(H,19,21). The predicted molar refractivity (Wildman–Crippen MR) is 92.7 cm³/mol. The fourth-order valence-electron chi connectivity index (χ4n) is 2.54. The van der Waals surface area contributed by atoms with Crippen molar-refractivity contribution in [3.8, 4) is 0 Å². The van der Waals surface area contributed by atoms with Crippen molar-refractivity contribution >= 4 is 23.2 Å². The zero-order valence-corrected chi connectivity index (χ0v) is 14.6. The molecule has 1 aliphatic rings. The van der Waals surface area contributed by atoms with E-state index in [1.54, 1.807) is 6.07 Å². The van der Waals surface area contributed by atoms with Crippen molar-refractivity contribution in [3.05, 3.63) is 22.4 Å². The lowest BCUT2D eigenvalue weighted by molar-refractivity contribution is -0.124. The van der Waals surface area contributed by atoms with Gasteiger partial charge in [-0.2, -0.15) is 0 Å². The first-order valence-corrected chi connectivity index (χ1v) is 9.01. The lowest BCUT2D eigenvalue weighted by atomic mass is 10.0. The molecule has 0 spiro atoms. The minimum atomic E-state index is -0.507. The second-order valence-corrected chi connectivity index (χ2v) is 7.00. The number of rotatable bonds is 7. The first-order valence-electron chi connectivity index (χ1n) is 8.13. The summed E-state index contributed by atoms with van der Waals surface area (Å²) in [4.78, 5) is 27.5. The van der Waals surface area contributed by atoms with Gasteiger partial charge in [-0.3, -0.25) is 14.5 Å². The summed E-state index contributed by atoms with van der Waals surface area (Å²) in [5.41, 5.74) is 0. The summed E-state index contributed by atoms with van der Waals surface area (Å²) in [5, 5.41) is 11.0. The van der Waals surface area contributed by atoms with Crippen molar-refractivity contribution < 1.29 is 9.59 Å². The van der Waals surface area contributed by atoms with Gasteiger partial charge in [0.1, 0.15) is 6.04 Å². The molecule has 1 unspecified atom stereocenters. The number of nitrogens with zero attached hydrogens (tertiary/aromatic N) is 1. The summed E-state index contributed by atoms with van der Waals surface area (Å²) in [6.07, 6.45) is 0. The fraction of sp³-hybridized carbons (Fsp3) is 0.625. The van der Waals surface area contributed by atoms with Crippen LogP contribution in [0.1, 0.15) is 23.5 Å². The van der Waals surface area contributed by atoms with E-state index in [4.69, 9.17) is 0 Å². The van der Waals surface area contributed by atoms with E-state index in [1.165, 1.54) is 11.3 Å². The van der Waals surface area contributed by atoms with Crippen LogP contribution in [0.3, 0.4) is 0 Å². The van der Waals surface area contributed by atoms with E-state index in [0.717, 1.165) is 32.7 Å². The minimum absolute atomic E-state index is 0.0399. The Morgan fingerprint density at radius 1 is 1.35 bits per heavy atom. The molecule has 2 heterocycles. The van der Waals surface area contributed by atoms with Crippen LogP contribution in [0.2, 0.25) is 0 Å². The van der Waals surface area contributed by atoms with Crippen LogP contribution in [0, 0.1) is 5.92 Å². The van der Waals surface area contributed by atoms with Crippen LogP contribution >= 0.6 is 11.3 Å². The van der Waals surface area contributed by atoms with E-state index in [2.05, 4.69) is 20.9 Å². The number of hydrogen-bond acceptors (Lipinski definition) is 5. The number of amides is 2. The molecule has 128 valence electrons. The van der Waals surface area contributed by atoms with Gasteiger partial charge in [0.15, 0.2) is 0 Å². The molecule has 1 saturated heterocycles. The highest BCUT2D eigenvalue weighted by Crippen LogP contribution is 2.10. The molecule has 0 bridgehead atoms. The van der Waals surface area contributed by atoms with E-state index < -0.39 is 6.04 Å². The first kappa shape index (κ1) is 17.9. The Bertz CT molecular complexity index is 498. The van der Waals surface area contributed by atoms with Gasteiger partial charge in [0, 0.05) is 39.3 Å². The Kier molecular flexibility index (Phi) is 7.01. The zero-order valence-electron chi connectivity index (χ0n) is 13.8. The van der Waals surface area contributed by atoms with Crippen molar-refractivity contribution in [2.24, 2.45) is 5.92 Å². The first-order chi connectivity index (χ1) is 11.1. The molecule has 1 aliphatic heterocycles. The third-order valence-electron chi connectivity index (χ3n) is 3.92. The summed E-state index contributed by atoms with van der Waals surface area (Å²) in [7, 11) is 0. The van der Waals surface area contributed by atoms with Gasteiger partial charge in [-0.25, -0.2) is 0 Å². The Morgan fingerprint density at radius 3 is 2.70 bits per heavy atom. The molecule has 0 radical (unpaired) electrons. The van der Waals surface area contributed by atoms with Crippen LogP contribution < -0.4 is 16.0 Å². The monoisotopic (exact) mass is 338 g/mol. The summed E-state index contributed by atoms with van der Waals surface area (Å²) in [5.74, 6) is -0.255. The molecular formula is C16H26N4O2S. The molecule has 2 amide bonds. The van der Waals surface area contributed by atoms with Gasteiger partial charge >= 0.3 is 0 Å². The Labute approximate surface area is 141 Å². The quantitative estimate of drug-likeness (QED) is 0.678. The molecule has 23 heavy (non-hydrogen) atoms. The topological polar surface area (TPSA) is 73.5 Å². The summed E-state index contributed by atoms with van der Waals surface area (Å²) < 4.78 is 0. The van der Waals surface area contributed by atoms with E-state index in [0.29, 0.717) is 11.4 Å². The zero-order chi connectivity index (χ0) is 16.7.